The number of nitro groups is 1. The molecule has 0 saturated heterocycles. The molecule has 0 aromatic heterocycles. The lowest BCUT2D eigenvalue weighted by atomic mass is 10.1. The number of benzene rings is 2. The largest absolute Gasteiger partial charge is 0.399 e. The molecule has 2 aromatic carbocycles. The lowest BCUT2D eigenvalue weighted by Crippen LogP contribution is -2.34. The van der Waals surface area contributed by atoms with Crippen LogP contribution < -0.4 is 15.5 Å². The topological polar surface area (TPSA) is 110 Å². The van der Waals surface area contributed by atoms with Crippen LogP contribution in [0.2, 0.25) is 0 Å². The number of alkyl halides is 4. The van der Waals surface area contributed by atoms with Gasteiger partial charge in [0.25, 0.3) is 5.69 Å². The molecule has 0 aliphatic carbocycles. The van der Waals surface area contributed by atoms with Crippen molar-refractivity contribution in [2.75, 3.05) is 28.6 Å². The summed E-state index contributed by atoms with van der Waals surface area (Å²) in [6.07, 6.45) is 0. The smallest absolute Gasteiger partial charge is 0.352 e. The van der Waals surface area contributed by atoms with Gasteiger partial charge < -0.3 is 15.5 Å². The van der Waals surface area contributed by atoms with Crippen molar-refractivity contribution >= 4 is 34.6 Å². The Morgan fingerprint density at radius 2 is 1.31 bits per heavy atom. The molecular weight excluding hydrogens is 436 g/mol. The number of nitrogen functional groups attached to an aromatic ring is 1. The van der Waals surface area contributed by atoms with Crippen LogP contribution in [-0.2, 0) is 21.4 Å². The van der Waals surface area contributed by atoms with Gasteiger partial charge in [0.05, 0.1) is 27.4 Å². The fraction of sp³-hybridized carbons (Fsp3) is 0.300. The molecule has 0 bridgehead atoms. The second-order valence-corrected chi connectivity index (χ2v) is 6.98. The fourth-order valence-electron chi connectivity index (χ4n) is 3.58. The Bertz CT molecular complexity index is 1120. The fourth-order valence-corrected chi connectivity index (χ4v) is 3.58. The predicted octanol–water partition coefficient (Wildman–Crippen LogP) is 3.78. The number of non-ortho nitro benzene ring substituents is 1. The maximum atomic E-state index is 13.6. The first kappa shape index (κ1) is 23.0. The molecule has 0 spiro atoms. The molecule has 2 N–H and O–H groups in total. The average molecular weight is 454 g/mol. The molecule has 2 heterocycles. The van der Waals surface area contributed by atoms with Crippen LogP contribution in [0, 0.1) is 10.1 Å². The summed E-state index contributed by atoms with van der Waals surface area (Å²) in [5.41, 5.74) is 4.60. The van der Waals surface area contributed by atoms with E-state index in [1.54, 1.807) is 13.8 Å². The summed E-state index contributed by atoms with van der Waals surface area (Å²) in [5.74, 6) is -9.64. The molecule has 12 heteroatoms. The van der Waals surface area contributed by atoms with Crippen LogP contribution in [0.5, 0.6) is 0 Å². The van der Waals surface area contributed by atoms with Gasteiger partial charge >= 0.3 is 23.7 Å². The standard InChI is InChI=1S/C10H8F2N2O3.C10H10F2N2O/c1-2-13-8-4-3-6(14(16)17)5-7(8)10(11,12)9(13)15;1-2-14-8-4-3-6(13)5-7(8)10(11,12)9(14)15/h3-5H,2H2,1H3;3-5H,2,13H2,1H3. The quantitative estimate of drug-likeness (QED) is 0.329. The summed E-state index contributed by atoms with van der Waals surface area (Å²) < 4.78 is 54.2. The minimum atomic E-state index is -3.68. The van der Waals surface area contributed by atoms with Crippen molar-refractivity contribution in [1.29, 1.82) is 0 Å². The van der Waals surface area contributed by atoms with Gasteiger partial charge in [-0.15, -0.1) is 0 Å². The van der Waals surface area contributed by atoms with E-state index in [0.717, 1.165) is 28.0 Å². The van der Waals surface area contributed by atoms with Gasteiger partial charge in [0, 0.05) is 30.9 Å². The summed E-state index contributed by atoms with van der Waals surface area (Å²) >= 11 is 0. The molecule has 0 unspecified atom stereocenters. The molecule has 170 valence electrons. The molecule has 4 rings (SSSR count). The highest BCUT2D eigenvalue weighted by Crippen LogP contribution is 2.46. The average Bonchev–Trinajstić information content (AvgIpc) is 3.06. The van der Waals surface area contributed by atoms with Gasteiger partial charge in [0.1, 0.15) is 0 Å². The van der Waals surface area contributed by atoms with E-state index < -0.39 is 39.8 Å². The van der Waals surface area contributed by atoms with E-state index in [1.165, 1.54) is 18.2 Å². The summed E-state index contributed by atoms with van der Waals surface area (Å²) in [5, 5.41) is 10.5. The summed E-state index contributed by atoms with van der Waals surface area (Å²) in [7, 11) is 0. The zero-order valence-electron chi connectivity index (χ0n) is 16.9. The first-order valence-electron chi connectivity index (χ1n) is 9.46. The molecule has 2 aliphatic rings. The van der Waals surface area contributed by atoms with E-state index in [-0.39, 0.29) is 35.7 Å². The molecule has 0 atom stereocenters. The zero-order chi connectivity index (χ0) is 24.0. The molecule has 0 saturated carbocycles. The van der Waals surface area contributed by atoms with Gasteiger partial charge in [0.2, 0.25) is 0 Å². The number of hydrogen-bond donors (Lipinski definition) is 1. The maximum Gasteiger partial charge on any atom is 0.352 e. The van der Waals surface area contributed by atoms with Crippen LogP contribution in [-0.4, -0.2) is 29.8 Å². The van der Waals surface area contributed by atoms with Crippen LogP contribution >= 0.6 is 0 Å². The van der Waals surface area contributed by atoms with Crippen LogP contribution in [0.1, 0.15) is 25.0 Å². The lowest BCUT2D eigenvalue weighted by Gasteiger charge is -2.13. The minimum absolute atomic E-state index is 0.0353. The van der Waals surface area contributed by atoms with Crippen LogP contribution in [0.3, 0.4) is 0 Å². The van der Waals surface area contributed by atoms with Crippen LogP contribution in [0.25, 0.3) is 0 Å². The monoisotopic (exact) mass is 454 g/mol. The summed E-state index contributed by atoms with van der Waals surface area (Å²) in [6, 6.07) is 7.15. The van der Waals surface area contributed by atoms with Crippen LogP contribution in [0.4, 0.5) is 40.3 Å². The lowest BCUT2D eigenvalue weighted by molar-refractivity contribution is -0.385. The highest BCUT2D eigenvalue weighted by atomic mass is 19.3. The van der Waals surface area contributed by atoms with Crippen molar-refractivity contribution in [3.05, 3.63) is 57.6 Å². The Morgan fingerprint density at radius 1 is 0.875 bits per heavy atom. The number of hydrogen-bond acceptors (Lipinski definition) is 5. The van der Waals surface area contributed by atoms with Crippen molar-refractivity contribution in [3.8, 4) is 0 Å². The molecule has 2 aromatic rings. The number of carbonyl (C=O) groups excluding carboxylic acids is 2. The van der Waals surface area contributed by atoms with Gasteiger partial charge in [-0.1, -0.05) is 0 Å². The van der Waals surface area contributed by atoms with Gasteiger partial charge in [-0.3, -0.25) is 19.7 Å². The summed E-state index contributed by atoms with van der Waals surface area (Å²) in [6.45, 7) is 3.54. The van der Waals surface area contributed by atoms with E-state index in [9.17, 15) is 37.3 Å². The molecule has 8 nitrogen and oxygen atoms in total. The Hall–Kier alpha value is -3.70. The first-order chi connectivity index (χ1) is 14.9. The van der Waals surface area contributed by atoms with Crippen molar-refractivity contribution in [3.63, 3.8) is 0 Å². The second kappa shape index (κ2) is 7.77. The number of likely N-dealkylation sites (N-methyl/N-ethyl adjacent to an activating group) is 2. The van der Waals surface area contributed by atoms with E-state index in [4.69, 9.17) is 5.73 Å². The third kappa shape index (κ3) is 3.41. The van der Waals surface area contributed by atoms with Crippen molar-refractivity contribution in [2.24, 2.45) is 0 Å². The molecule has 0 fully saturated rings. The minimum Gasteiger partial charge on any atom is -0.399 e. The third-order valence-electron chi connectivity index (χ3n) is 5.13. The van der Waals surface area contributed by atoms with Crippen molar-refractivity contribution in [2.45, 2.75) is 25.7 Å². The highest BCUT2D eigenvalue weighted by molar-refractivity contribution is 6.06. The second-order valence-electron chi connectivity index (χ2n) is 6.98. The van der Waals surface area contributed by atoms with E-state index in [0.29, 0.717) is 0 Å². The Balaban J connectivity index is 0.000000182. The number of rotatable bonds is 3. The third-order valence-corrected chi connectivity index (χ3v) is 5.13. The van der Waals surface area contributed by atoms with Gasteiger partial charge in [-0.2, -0.15) is 17.6 Å². The number of nitrogens with two attached hydrogens (primary N) is 1. The molecule has 2 amide bonds. The Labute approximate surface area is 179 Å². The van der Waals surface area contributed by atoms with E-state index in [2.05, 4.69) is 0 Å². The van der Waals surface area contributed by atoms with Crippen molar-refractivity contribution in [1.82, 2.24) is 0 Å². The Morgan fingerprint density at radius 3 is 1.75 bits per heavy atom. The first-order valence-corrected chi connectivity index (χ1v) is 9.46. The predicted molar refractivity (Wildman–Crippen MR) is 108 cm³/mol. The number of nitrogens with zero attached hydrogens (tertiary/aromatic N) is 3. The maximum absolute atomic E-state index is 13.6. The number of fused-ring (bicyclic) bond motifs is 2. The normalized spacial score (nSPS) is 17.6. The number of halogens is 4. The number of carbonyl (C=O) groups is 2. The van der Waals surface area contributed by atoms with Crippen molar-refractivity contribution < 1.29 is 32.1 Å². The Kier molecular flexibility index (Phi) is 5.58. The SMILES string of the molecule is CCN1C(=O)C(F)(F)c2cc(N)ccc21.CCN1C(=O)C(F)(F)c2cc([N+](=O)[O-])ccc21. The number of amides is 2. The summed E-state index contributed by atoms with van der Waals surface area (Å²) in [4.78, 5) is 34.5. The molecule has 0 radical (unpaired) electrons. The van der Waals surface area contributed by atoms with Gasteiger partial charge in [-0.05, 0) is 38.1 Å². The van der Waals surface area contributed by atoms with E-state index >= 15 is 0 Å². The van der Waals surface area contributed by atoms with Gasteiger partial charge in [0.15, 0.2) is 0 Å². The number of anilines is 3. The highest BCUT2D eigenvalue weighted by Gasteiger charge is 2.53. The molecule has 32 heavy (non-hydrogen) atoms. The van der Waals surface area contributed by atoms with Gasteiger partial charge in [-0.25, -0.2) is 0 Å². The zero-order valence-corrected chi connectivity index (χ0v) is 16.9. The molecular formula is C20H18F4N4O4. The van der Waals surface area contributed by atoms with Crippen LogP contribution in [0.15, 0.2) is 36.4 Å². The number of nitro benzene ring substituents is 1. The van der Waals surface area contributed by atoms with E-state index in [1.807, 2.05) is 0 Å². The molecule has 2 aliphatic heterocycles.